The van der Waals surface area contributed by atoms with Gasteiger partial charge in [0.2, 0.25) is 0 Å². The average molecular weight is 432 g/mol. The van der Waals surface area contributed by atoms with Crippen LogP contribution in [0.15, 0.2) is 64.2 Å². The lowest BCUT2D eigenvalue weighted by Crippen LogP contribution is -2.41. The number of carbonyl (C=O) groups excluding carboxylic acids is 1. The van der Waals surface area contributed by atoms with Crippen molar-refractivity contribution >= 4 is 17.4 Å². The molecule has 2 aromatic carbocycles. The van der Waals surface area contributed by atoms with Crippen LogP contribution in [0.25, 0.3) is 0 Å². The Morgan fingerprint density at radius 3 is 2.29 bits per heavy atom. The first-order chi connectivity index (χ1) is 14.6. The van der Waals surface area contributed by atoms with Gasteiger partial charge < -0.3 is 10.6 Å². The van der Waals surface area contributed by atoms with Gasteiger partial charge in [0.25, 0.3) is 11.5 Å². The minimum Gasteiger partial charge on any atom is -0.383 e. The lowest BCUT2D eigenvalue weighted by molar-refractivity contribution is -0.137. The number of halogens is 3. The van der Waals surface area contributed by atoms with Crippen molar-refractivity contribution in [2.75, 3.05) is 17.2 Å². The van der Waals surface area contributed by atoms with Crippen molar-refractivity contribution in [2.45, 2.75) is 19.6 Å². The topological polar surface area (TPSA) is 101 Å². The summed E-state index contributed by atoms with van der Waals surface area (Å²) in [5.74, 6) is -1.38. The van der Waals surface area contributed by atoms with E-state index >= 15 is 0 Å². The molecule has 0 fully saturated rings. The molecule has 0 saturated carbocycles. The van der Waals surface area contributed by atoms with E-state index in [1.54, 1.807) is 30.3 Å². The predicted octanol–water partition coefficient (Wildman–Crippen LogP) is 2.85. The number of aromatic nitrogens is 2. The summed E-state index contributed by atoms with van der Waals surface area (Å²) in [6.07, 6.45) is -4.77. The number of nitrogens with one attached hydrogen (secondary N) is 1. The molecule has 0 unspecified atom stereocenters. The lowest BCUT2D eigenvalue weighted by atomic mass is 10.1. The fourth-order valence-corrected chi connectivity index (χ4v) is 3.23. The summed E-state index contributed by atoms with van der Waals surface area (Å²) in [6.45, 7) is 1.33. The molecule has 10 heteroatoms. The number of aromatic amines is 1. The van der Waals surface area contributed by atoms with Crippen molar-refractivity contribution in [2.24, 2.45) is 0 Å². The van der Waals surface area contributed by atoms with Gasteiger partial charge in [0.1, 0.15) is 5.82 Å². The van der Waals surface area contributed by atoms with E-state index in [4.69, 9.17) is 5.73 Å². The molecule has 1 heterocycles. The second kappa shape index (κ2) is 8.50. The van der Waals surface area contributed by atoms with Crippen molar-refractivity contribution in [3.8, 4) is 0 Å². The summed E-state index contributed by atoms with van der Waals surface area (Å²) in [6, 6.07) is 13.0. The van der Waals surface area contributed by atoms with Crippen LogP contribution in [-0.4, -0.2) is 22.0 Å². The minimum atomic E-state index is -4.77. The normalized spacial score (nSPS) is 11.4. The van der Waals surface area contributed by atoms with E-state index in [1.807, 2.05) is 0 Å². The highest BCUT2D eigenvalue weighted by Crippen LogP contribution is 2.33. The zero-order chi connectivity index (χ0) is 22.8. The Balaban J connectivity index is 2.13. The molecular weight excluding hydrogens is 413 g/mol. The van der Waals surface area contributed by atoms with Gasteiger partial charge in [-0.1, -0.05) is 42.5 Å². The van der Waals surface area contributed by atoms with Crippen molar-refractivity contribution in [1.29, 1.82) is 0 Å². The summed E-state index contributed by atoms with van der Waals surface area (Å²) in [5.41, 5.74) is 2.86. The molecule has 3 rings (SSSR count). The van der Waals surface area contributed by atoms with Crippen molar-refractivity contribution in [3.05, 3.63) is 92.1 Å². The van der Waals surface area contributed by atoms with Crippen LogP contribution in [0.1, 0.15) is 28.4 Å². The van der Waals surface area contributed by atoms with Crippen LogP contribution in [0.4, 0.5) is 24.7 Å². The van der Waals surface area contributed by atoms with Crippen LogP contribution in [0, 0.1) is 0 Å². The highest BCUT2D eigenvalue weighted by Gasteiger charge is 2.36. The van der Waals surface area contributed by atoms with Crippen LogP contribution >= 0.6 is 0 Å². The summed E-state index contributed by atoms with van der Waals surface area (Å²) in [7, 11) is 0. The lowest BCUT2D eigenvalue weighted by Gasteiger charge is -2.24. The summed E-state index contributed by atoms with van der Waals surface area (Å²) in [4.78, 5) is 40.8. The van der Waals surface area contributed by atoms with Crippen molar-refractivity contribution in [1.82, 2.24) is 9.55 Å². The molecule has 7 nitrogen and oxygen atoms in total. The molecule has 0 aliphatic carbocycles. The minimum absolute atomic E-state index is 0.000168. The number of nitrogens with two attached hydrogens (primary N) is 1. The number of hydrogen-bond donors (Lipinski definition) is 2. The van der Waals surface area contributed by atoms with Crippen LogP contribution < -0.4 is 21.9 Å². The zero-order valence-corrected chi connectivity index (χ0v) is 16.4. The average Bonchev–Trinajstić information content (AvgIpc) is 2.73. The summed E-state index contributed by atoms with van der Waals surface area (Å²) >= 11 is 0. The number of carbonyl (C=O) groups is 1. The first kappa shape index (κ1) is 21.9. The highest BCUT2D eigenvalue weighted by molar-refractivity contribution is 6.08. The van der Waals surface area contributed by atoms with E-state index in [0.717, 1.165) is 27.7 Å². The number of hydrogen-bond acceptors (Lipinski definition) is 4. The van der Waals surface area contributed by atoms with E-state index in [0.29, 0.717) is 5.56 Å². The van der Waals surface area contributed by atoms with Crippen molar-refractivity contribution in [3.63, 3.8) is 0 Å². The summed E-state index contributed by atoms with van der Waals surface area (Å²) < 4.78 is 41.2. The van der Waals surface area contributed by atoms with Crippen LogP contribution in [-0.2, 0) is 12.7 Å². The highest BCUT2D eigenvalue weighted by atomic mass is 19.4. The Morgan fingerprint density at radius 2 is 1.68 bits per heavy atom. The molecule has 0 aliphatic rings. The molecule has 162 valence electrons. The second-order valence-corrected chi connectivity index (χ2v) is 6.66. The molecule has 1 amide bonds. The third kappa shape index (κ3) is 4.37. The van der Waals surface area contributed by atoms with Gasteiger partial charge >= 0.3 is 11.9 Å². The van der Waals surface area contributed by atoms with Gasteiger partial charge in [0.15, 0.2) is 5.69 Å². The van der Waals surface area contributed by atoms with Crippen molar-refractivity contribution < 1.29 is 18.0 Å². The van der Waals surface area contributed by atoms with E-state index in [2.05, 4.69) is 4.98 Å². The van der Waals surface area contributed by atoms with E-state index in [1.165, 1.54) is 13.0 Å². The number of anilines is 2. The largest absolute Gasteiger partial charge is 0.417 e. The Morgan fingerprint density at radius 1 is 1.06 bits per heavy atom. The van der Waals surface area contributed by atoms with Gasteiger partial charge in [0.05, 0.1) is 17.7 Å². The first-order valence-electron chi connectivity index (χ1n) is 9.29. The van der Waals surface area contributed by atoms with E-state index in [9.17, 15) is 27.6 Å². The van der Waals surface area contributed by atoms with E-state index < -0.39 is 34.5 Å². The Bertz CT molecular complexity index is 1220. The SMILES string of the molecule is CCN(C(=O)c1ccccc1C(F)(F)F)c1c(N)n(Cc2ccccc2)c(=O)[nH]c1=O. The third-order valence-corrected chi connectivity index (χ3v) is 4.69. The quantitative estimate of drug-likeness (QED) is 0.647. The third-order valence-electron chi connectivity index (χ3n) is 4.69. The van der Waals surface area contributed by atoms with Crippen LogP contribution in [0.2, 0.25) is 0 Å². The Kier molecular flexibility index (Phi) is 6.00. The Labute approximate surface area is 174 Å². The maximum absolute atomic E-state index is 13.4. The molecular formula is C21H19F3N4O3. The number of rotatable bonds is 5. The molecule has 0 aliphatic heterocycles. The number of benzene rings is 2. The van der Waals surface area contributed by atoms with E-state index in [-0.39, 0.29) is 24.6 Å². The molecule has 31 heavy (non-hydrogen) atoms. The van der Waals surface area contributed by atoms with Gasteiger partial charge in [0, 0.05) is 6.54 Å². The predicted molar refractivity (Wildman–Crippen MR) is 110 cm³/mol. The van der Waals surface area contributed by atoms with Gasteiger partial charge in [-0.3, -0.25) is 19.1 Å². The van der Waals surface area contributed by atoms with Gasteiger partial charge in [-0.2, -0.15) is 13.2 Å². The fourth-order valence-electron chi connectivity index (χ4n) is 3.23. The van der Waals surface area contributed by atoms with Gasteiger partial charge in [-0.25, -0.2) is 4.79 Å². The molecule has 3 aromatic rings. The monoisotopic (exact) mass is 432 g/mol. The molecule has 0 spiro atoms. The summed E-state index contributed by atoms with van der Waals surface area (Å²) in [5, 5.41) is 0. The Hall–Kier alpha value is -3.82. The number of amides is 1. The molecule has 0 saturated heterocycles. The number of nitrogens with zero attached hydrogens (tertiary/aromatic N) is 2. The fraction of sp³-hybridized carbons (Fsp3) is 0.190. The molecule has 0 radical (unpaired) electrons. The first-order valence-corrected chi connectivity index (χ1v) is 9.29. The molecule has 1 aromatic heterocycles. The standard InChI is InChI=1S/C21H19F3N4O3/c1-2-27(19(30)14-10-6-7-11-15(14)21(22,23)24)16-17(25)28(20(31)26-18(16)29)12-13-8-4-3-5-9-13/h3-11H,2,12,25H2,1H3,(H,26,29,31). The number of nitrogen functional groups attached to an aromatic ring is 1. The van der Waals surface area contributed by atoms with Crippen LogP contribution in [0.3, 0.4) is 0 Å². The molecule has 0 bridgehead atoms. The smallest absolute Gasteiger partial charge is 0.383 e. The number of alkyl halides is 3. The van der Waals surface area contributed by atoms with Gasteiger partial charge in [-0.15, -0.1) is 0 Å². The molecule has 3 N–H and O–H groups in total. The van der Waals surface area contributed by atoms with Crippen LogP contribution in [0.5, 0.6) is 0 Å². The van der Waals surface area contributed by atoms with Gasteiger partial charge in [-0.05, 0) is 24.6 Å². The maximum Gasteiger partial charge on any atom is 0.417 e. The second-order valence-electron chi connectivity index (χ2n) is 6.66. The number of H-pyrrole nitrogens is 1. The zero-order valence-electron chi connectivity index (χ0n) is 16.4. The molecule has 0 atom stereocenters. The maximum atomic E-state index is 13.4.